The molecule has 0 atom stereocenters. The van der Waals surface area contributed by atoms with Crippen LogP contribution < -0.4 is 16.1 Å². The Morgan fingerprint density at radius 2 is 2.00 bits per heavy atom. The van der Waals surface area contributed by atoms with Crippen LogP contribution in [0.4, 0.5) is 0 Å². The Balaban J connectivity index is 2.57. The van der Waals surface area contributed by atoms with E-state index in [4.69, 9.17) is 0 Å². The van der Waals surface area contributed by atoms with Gasteiger partial charge in [0.15, 0.2) is 0 Å². The number of aryl methyl sites for hydroxylation is 2. The second-order valence-electron chi connectivity index (χ2n) is 5.87. The van der Waals surface area contributed by atoms with Gasteiger partial charge in [0.2, 0.25) is 5.78 Å². The molecule has 2 aromatic rings. The van der Waals surface area contributed by atoms with Crippen molar-refractivity contribution in [3.63, 3.8) is 0 Å². The summed E-state index contributed by atoms with van der Waals surface area (Å²) < 4.78 is 1.28. The molecule has 0 amide bonds. The second-order valence-corrected chi connectivity index (χ2v) is 5.87. The van der Waals surface area contributed by atoms with Crippen LogP contribution in [0.2, 0.25) is 0 Å². The minimum absolute atomic E-state index is 0.0126. The van der Waals surface area contributed by atoms with Gasteiger partial charge in [0, 0.05) is 23.9 Å². The zero-order chi connectivity index (χ0) is 16.9. The van der Waals surface area contributed by atoms with Gasteiger partial charge < -0.3 is 9.67 Å². The van der Waals surface area contributed by atoms with Gasteiger partial charge in [-0.3, -0.25) is 9.59 Å². The van der Waals surface area contributed by atoms with E-state index in [1.807, 2.05) is 13.8 Å². The highest BCUT2D eigenvalue weighted by Gasteiger charge is 2.30. The van der Waals surface area contributed by atoms with Gasteiger partial charge in [-0.2, -0.15) is 0 Å². The Morgan fingerprint density at radius 1 is 1.30 bits per heavy atom. The van der Waals surface area contributed by atoms with Crippen molar-refractivity contribution in [2.75, 3.05) is 0 Å². The predicted octanol–water partition coefficient (Wildman–Crippen LogP) is 0.710. The fourth-order valence-corrected chi connectivity index (χ4v) is 3.19. The molecule has 1 N–H and O–H groups in total. The first-order valence-corrected chi connectivity index (χ1v) is 7.54. The number of fused-ring (bicyclic) bond motifs is 2. The van der Waals surface area contributed by atoms with Crippen molar-refractivity contribution < 1.29 is 9.90 Å². The van der Waals surface area contributed by atoms with Crippen LogP contribution in [0.3, 0.4) is 0 Å². The molecule has 5 heteroatoms. The summed E-state index contributed by atoms with van der Waals surface area (Å²) in [5.41, 5.74) is 1.98. The highest BCUT2D eigenvalue weighted by molar-refractivity contribution is 6.12. The highest BCUT2D eigenvalue weighted by atomic mass is 16.3. The third-order valence-corrected chi connectivity index (χ3v) is 4.21. The summed E-state index contributed by atoms with van der Waals surface area (Å²) >= 11 is 0. The topological polar surface area (TPSA) is 72.2 Å². The normalized spacial score (nSPS) is 13.0. The molecule has 0 aliphatic heterocycles. The molecule has 0 bridgehead atoms. The van der Waals surface area contributed by atoms with E-state index in [-0.39, 0.29) is 28.5 Å². The van der Waals surface area contributed by atoms with Crippen LogP contribution in [0.25, 0.3) is 12.3 Å². The number of hydrogen-bond donors (Lipinski definition) is 1. The van der Waals surface area contributed by atoms with E-state index < -0.39 is 0 Å². The van der Waals surface area contributed by atoms with Crippen LogP contribution in [0.15, 0.2) is 16.9 Å². The predicted molar refractivity (Wildman–Crippen MR) is 88.0 cm³/mol. The minimum Gasteiger partial charge on any atom is -0.507 e. The molecular formula is C18H18N2O3. The zero-order valence-electron chi connectivity index (χ0n) is 13.4. The Bertz CT molecular complexity index is 1020. The maximum absolute atomic E-state index is 12.9. The van der Waals surface area contributed by atoms with Crippen LogP contribution in [0.1, 0.15) is 46.2 Å². The number of ketones is 1. The van der Waals surface area contributed by atoms with Gasteiger partial charge in [0.05, 0.1) is 5.35 Å². The van der Waals surface area contributed by atoms with E-state index in [0.717, 1.165) is 12.0 Å². The number of rotatable bonds is 2. The number of aliphatic hydroxyl groups excluding tert-OH is 1. The first kappa shape index (κ1) is 15.2. The third kappa shape index (κ3) is 2.11. The van der Waals surface area contributed by atoms with Crippen LogP contribution in [-0.4, -0.2) is 20.4 Å². The summed E-state index contributed by atoms with van der Waals surface area (Å²) in [6.07, 6.45) is 1.42. The smallest absolute Gasteiger partial charge is 0.251 e. The SMILES string of the molecule is C=c1cc(C)c2c(n1)C(=O)c1c(c(CCC)cc(=O)n1C)C=2O. The van der Waals surface area contributed by atoms with Crippen molar-refractivity contribution in [2.45, 2.75) is 26.7 Å². The zero-order valence-corrected chi connectivity index (χ0v) is 13.4. The van der Waals surface area contributed by atoms with Crippen molar-refractivity contribution in [2.24, 2.45) is 7.05 Å². The van der Waals surface area contributed by atoms with Crippen molar-refractivity contribution in [1.29, 1.82) is 0 Å². The molecule has 0 spiro atoms. The molecule has 1 aliphatic carbocycles. The van der Waals surface area contributed by atoms with Crippen LogP contribution in [0.5, 0.6) is 0 Å². The van der Waals surface area contributed by atoms with Gasteiger partial charge in [-0.15, -0.1) is 0 Å². The number of nitrogens with zero attached hydrogens (tertiary/aromatic N) is 2. The molecule has 0 saturated heterocycles. The molecule has 0 aromatic carbocycles. The van der Waals surface area contributed by atoms with E-state index >= 15 is 0 Å². The maximum Gasteiger partial charge on any atom is 0.251 e. The molecule has 0 radical (unpaired) electrons. The van der Waals surface area contributed by atoms with E-state index in [2.05, 4.69) is 11.6 Å². The lowest BCUT2D eigenvalue weighted by Gasteiger charge is -2.21. The molecule has 1 aliphatic rings. The summed E-state index contributed by atoms with van der Waals surface area (Å²) in [6, 6.07) is 3.23. The van der Waals surface area contributed by atoms with Crippen LogP contribution >= 0.6 is 0 Å². The van der Waals surface area contributed by atoms with E-state index in [9.17, 15) is 14.7 Å². The average molecular weight is 310 g/mol. The Kier molecular flexibility index (Phi) is 3.43. The summed E-state index contributed by atoms with van der Waals surface area (Å²) in [7, 11) is 1.54. The lowest BCUT2D eigenvalue weighted by molar-refractivity contribution is 0.102. The fourth-order valence-electron chi connectivity index (χ4n) is 3.19. The molecule has 118 valence electrons. The van der Waals surface area contributed by atoms with Crippen LogP contribution in [-0.2, 0) is 13.5 Å². The fraction of sp³-hybridized carbons (Fsp3) is 0.278. The highest BCUT2D eigenvalue weighted by Crippen LogP contribution is 2.25. The summed E-state index contributed by atoms with van der Waals surface area (Å²) in [4.78, 5) is 29.3. The molecular weight excluding hydrogens is 292 g/mol. The standard InChI is InChI=1S/C18H18N2O3/c1-5-6-11-8-12(21)20(4)16-14(11)17(22)13-9(2)7-10(3)19-15(13)18(16)23/h7-8,22H,3,5-6H2,1-2,4H3. The van der Waals surface area contributed by atoms with Gasteiger partial charge in [0.25, 0.3) is 5.56 Å². The van der Waals surface area contributed by atoms with E-state index in [1.54, 1.807) is 6.07 Å². The monoisotopic (exact) mass is 310 g/mol. The number of hydrogen-bond acceptors (Lipinski definition) is 4. The maximum atomic E-state index is 12.9. The lowest BCUT2D eigenvalue weighted by Crippen LogP contribution is -2.37. The van der Waals surface area contributed by atoms with Gasteiger partial charge in [0.1, 0.15) is 17.1 Å². The molecule has 2 heterocycles. The summed E-state index contributed by atoms with van der Waals surface area (Å²) in [5, 5.41) is 11.7. The van der Waals surface area contributed by atoms with Crippen molar-refractivity contribution in [1.82, 2.24) is 9.55 Å². The number of carbonyl (C=O) groups is 1. The van der Waals surface area contributed by atoms with Crippen molar-refractivity contribution in [3.8, 4) is 0 Å². The molecule has 0 fully saturated rings. The number of carbonyl (C=O) groups excluding carboxylic acids is 1. The first-order chi connectivity index (χ1) is 10.9. The number of aliphatic hydroxyl groups is 1. The summed E-state index contributed by atoms with van der Waals surface area (Å²) in [5.74, 6) is -0.336. The molecule has 5 nitrogen and oxygen atoms in total. The third-order valence-electron chi connectivity index (χ3n) is 4.21. The molecule has 0 unspecified atom stereocenters. The van der Waals surface area contributed by atoms with Gasteiger partial charge in [-0.1, -0.05) is 19.9 Å². The quantitative estimate of drug-likeness (QED) is 0.887. The largest absolute Gasteiger partial charge is 0.507 e. The van der Waals surface area contributed by atoms with Crippen molar-refractivity contribution >= 4 is 18.1 Å². The lowest BCUT2D eigenvalue weighted by atomic mass is 9.90. The van der Waals surface area contributed by atoms with Gasteiger partial charge in [-0.25, -0.2) is 4.98 Å². The average Bonchev–Trinajstić information content (AvgIpc) is 2.47. The Labute approximate surface area is 133 Å². The Morgan fingerprint density at radius 3 is 2.65 bits per heavy atom. The minimum atomic E-state index is -0.348. The molecule has 3 rings (SSSR count). The first-order valence-electron chi connectivity index (χ1n) is 7.54. The van der Waals surface area contributed by atoms with E-state index in [0.29, 0.717) is 28.1 Å². The second kappa shape index (κ2) is 5.19. The Hall–Kier alpha value is -2.69. The van der Waals surface area contributed by atoms with Gasteiger partial charge in [-0.05, 0) is 30.5 Å². The van der Waals surface area contributed by atoms with E-state index in [1.165, 1.54) is 17.7 Å². The van der Waals surface area contributed by atoms with Crippen LogP contribution in [0, 0.1) is 6.92 Å². The summed E-state index contributed by atoms with van der Waals surface area (Å²) in [6.45, 7) is 7.57. The number of aromatic nitrogens is 2. The molecule has 23 heavy (non-hydrogen) atoms. The van der Waals surface area contributed by atoms with Gasteiger partial charge >= 0.3 is 0 Å². The molecule has 0 saturated carbocycles. The number of pyridine rings is 2. The van der Waals surface area contributed by atoms with Crippen molar-refractivity contribution in [3.05, 3.63) is 61.1 Å². The molecule has 2 aromatic heterocycles.